The van der Waals surface area contributed by atoms with Gasteiger partial charge < -0.3 is 9.84 Å². The number of aliphatic hydroxyl groups is 1. The van der Waals surface area contributed by atoms with E-state index in [9.17, 15) is 17.6 Å². The van der Waals surface area contributed by atoms with Crippen LogP contribution >= 0.6 is 0 Å². The van der Waals surface area contributed by atoms with Gasteiger partial charge in [-0.3, -0.25) is 4.55 Å². The summed E-state index contributed by atoms with van der Waals surface area (Å²) >= 11 is 0. The maximum atomic E-state index is 12.5. The lowest BCUT2D eigenvalue weighted by Crippen LogP contribution is -2.05. The Morgan fingerprint density at radius 1 is 1.30 bits per heavy atom. The van der Waals surface area contributed by atoms with Crippen LogP contribution in [0.3, 0.4) is 0 Å². The van der Waals surface area contributed by atoms with Crippen molar-refractivity contribution in [1.29, 1.82) is 0 Å². The van der Waals surface area contributed by atoms with Crippen LogP contribution in [0.2, 0.25) is 0 Å². The molecule has 0 heterocycles. The molecule has 0 aliphatic rings. The summed E-state index contributed by atoms with van der Waals surface area (Å²) in [6.45, 7) is -0.356. The molecule has 0 aliphatic carbocycles. The topological polar surface area (TPSA) is 101 Å². The Bertz CT molecular complexity index is 575. The third-order valence-corrected chi connectivity index (χ3v) is 1.56. The molecule has 0 radical (unpaired) electrons. The van der Waals surface area contributed by atoms with E-state index in [-0.39, 0.29) is 18.8 Å². The maximum absolute atomic E-state index is 12.5. The number of hydrogen-bond acceptors (Lipinski definition) is 5. The Hall–Kier alpha value is -1.95. The number of aliphatic hydroxyl groups excluding tert-OH is 1. The number of halogens is 1. The molecule has 110 valence electrons. The molecule has 8 heteroatoms. The Morgan fingerprint density at radius 2 is 1.80 bits per heavy atom. The molecule has 0 spiro atoms. The van der Waals surface area contributed by atoms with E-state index in [2.05, 4.69) is 11.8 Å². The highest BCUT2D eigenvalue weighted by atomic mass is 32.2. The van der Waals surface area contributed by atoms with Gasteiger partial charge in [-0.2, -0.15) is 8.42 Å². The van der Waals surface area contributed by atoms with Gasteiger partial charge in [0, 0.05) is 0 Å². The Morgan fingerprint density at radius 3 is 2.25 bits per heavy atom. The molecule has 0 saturated heterocycles. The number of rotatable bonds is 2. The van der Waals surface area contributed by atoms with Gasteiger partial charge in [0.1, 0.15) is 12.4 Å². The lowest BCUT2D eigenvalue weighted by atomic mass is 10.2. The molecule has 0 amide bonds. The van der Waals surface area contributed by atoms with Crippen LogP contribution < -0.4 is 0 Å². The Kier molecular flexibility index (Phi) is 8.15. The van der Waals surface area contributed by atoms with E-state index in [4.69, 9.17) is 14.4 Å². The molecular weight excluding hydrogens is 291 g/mol. The molecule has 20 heavy (non-hydrogen) atoms. The van der Waals surface area contributed by atoms with Crippen molar-refractivity contribution in [2.45, 2.75) is 0 Å². The van der Waals surface area contributed by atoms with Crippen molar-refractivity contribution < 1.29 is 32.0 Å². The van der Waals surface area contributed by atoms with E-state index in [0.717, 1.165) is 0 Å². The first kappa shape index (κ1) is 18.0. The second-order valence-electron chi connectivity index (χ2n) is 3.33. The van der Waals surface area contributed by atoms with Crippen molar-refractivity contribution in [3.05, 3.63) is 35.6 Å². The molecule has 0 atom stereocenters. The molecule has 1 aromatic rings. The number of carbonyl (C=O) groups excluding carboxylic acids is 1. The summed E-state index contributed by atoms with van der Waals surface area (Å²) in [5.41, 5.74) is 0.266. The first-order valence-electron chi connectivity index (χ1n) is 5.15. The van der Waals surface area contributed by atoms with Gasteiger partial charge in [0.15, 0.2) is 6.61 Å². The van der Waals surface area contributed by atoms with Crippen LogP contribution in [-0.4, -0.2) is 43.5 Å². The van der Waals surface area contributed by atoms with Crippen LogP contribution in [0.4, 0.5) is 4.39 Å². The minimum Gasteiger partial charge on any atom is -0.449 e. The number of esters is 1. The molecule has 1 rings (SSSR count). The molecule has 2 N–H and O–H groups in total. The second kappa shape index (κ2) is 9.03. The Balaban J connectivity index is 0.000000621. The van der Waals surface area contributed by atoms with Crippen molar-refractivity contribution in [1.82, 2.24) is 0 Å². The highest BCUT2D eigenvalue weighted by Gasteiger charge is 2.05. The predicted molar refractivity (Wildman–Crippen MR) is 69.0 cm³/mol. The van der Waals surface area contributed by atoms with Gasteiger partial charge in [-0.15, -0.1) is 0 Å². The van der Waals surface area contributed by atoms with Crippen LogP contribution in [0, 0.1) is 17.7 Å². The van der Waals surface area contributed by atoms with Gasteiger partial charge in [0.25, 0.3) is 10.1 Å². The average Bonchev–Trinajstić information content (AvgIpc) is 2.33. The van der Waals surface area contributed by atoms with Crippen LogP contribution in [-0.2, 0) is 14.9 Å². The van der Waals surface area contributed by atoms with Crippen molar-refractivity contribution in [2.75, 3.05) is 19.5 Å². The molecule has 0 fully saturated rings. The van der Waals surface area contributed by atoms with Crippen LogP contribution in [0.25, 0.3) is 0 Å². The summed E-state index contributed by atoms with van der Waals surface area (Å²) in [6, 6.07) is 5.01. The van der Waals surface area contributed by atoms with Crippen molar-refractivity contribution >= 4 is 16.1 Å². The van der Waals surface area contributed by atoms with Crippen molar-refractivity contribution in [2.24, 2.45) is 0 Å². The van der Waals surface area contributed by atoms with Crippen molar-refractivity contribution in [3.8, 4) is 11.8 Å². The molecule has 0 aromatic heterocycles. The second-order valence-corrected chi connectivity index (χ2v) is 4.79. The smallest absolute Gasteiger partial charge is 0.339 e. The van der Waals surface area contributed by atoms with Gasteiger partial charge >= 0.3 is 5.97 Å². The summed E-state index contributed by atoms with van der Waals surface area (Å²) in [6.07, 6.45) is 0.715. The fourth-order valence-corrected chi connectivity index (χ4v) is 0.878. The van der Waals surface area contributed by atoms with Crippen LogP contribution in [0.15, 0.2) is 24.3 Å². The number of carbonyl (C=O) groups is 1. The third-order valence-electron chi connectivity index (χ3n) is 1.56. The van der Waals surface area contributed by atoms with E-state index >= 15 is 0 Å². The highest BCUT2D eigenvalue weighted by Crippen LogP contribution is 2.03. The Labute approximate surface area is 115 Å². The highest BCUT2D eigenvalue weighted by molar-refractivity contribution is 7.85. The molecule has 0 bridgehead atoms. The molecule has 1 aromatic carbocycles. The minimum atomic E-state index is -3.67. The lowest BCUT2D eigenvalue weighted by Gasteiger charge is -1.99. The van der Waals surface area contributed by atoms with E-state index < -0.39 is 21.9 Å². The lowest BCUT2D eigenvalue weighted by molar-refractivity contribution is 0.0556. The van der Waals surface area contributed by atoms with Crippen molar-refractivity contribution in [3.63, 3.8) is 0 Å². The number of benzene rings is 1. The largest absolute Gasteiger partial charge is 0.449 e. The normalized spacial score (nSPS) is 9.60. The van der Waals surface area contributed by atoms with Gasteiger partial charge in [-0.1, -0.05) is 11.8 Å². The van der Waals surface area contributed by atoms with Crippen LogP contribution in [0.1, 0.15) is 10.4 Å². The van der Waals surface area contributed by atoms with Crippen LogP contribution in [0.5, 0.6) is 0 Å². The van der Waals surface area contributed by atoms with Gasteiger partial charge in [-0.25, -0.2) is 9.18 Å². The van der Waals surface area contributed by atoms with E-state index in [1.165, 1.54) is 24.3 Å². The monoisotopic (exact) mass is 304 g/mol. The van der Waals surface area contributed by atoms with E-state index in [0.29, 0.717) is 6.26 Å². The molecule has 0 aliphatic heterocycles. The fourth-order valence-electron chi connectivity index (χ4n) is 0.878. The standard InChI is InChI=1S/C11H9FO3.CH4O3S/c12-10-5-3-9(4-6-10)11(14)15-8-2-1-7-13;1-5(2,3)4/h3-6,13H,7-8H2;1H3,(H,2,3,4). The molecular formula is C12H13FO6S. The summed E-state index contributed by atoms with van der Waals surface area (Å²) < 4.78 is 43.1. The predicted octanol–water partition coefficient (Wildman–Crippen LogP) is 0.482. The zero-order valence-corrected chi connectivity index (χ0v) is 11.4. The number of hydrogen-bond donors (Lipinski definition) is 2. The SMILES string of the molecule is CS(=O)(=O)O.O=C(OCC#CCO)c1ccc(F)cc1. The zero-order valence-electron chi connectivity index (χ0n) is 10.5. The number of ether oxygens (including phenoxy) is 1. The summed E-state index contributed by atoms with van der Waals surface area (Å²) in [5, 5.41) is 8.32. The third kappa shape index (κ3) is 11.2. The summed E-state index contributed by atoms with van der Waals surface area (Å²) in [5.74, 6) is 3.78. The maximum Gasteiger partial charge on any atom is 0.339 e. The summed E-state index contributed by atoms with van der Waals surface area (Å²) in [4.78, 5) is 11.2. The quantitative estimate of drug-likeness (QED) is 0.468. The molecule has 0 unspecified atom stereocenters. The molecule has 6 nitrogen and oxygen atoms in total. The van der Waals surface area contributed by atoms with Gasteiger partial charge in [0.2, 0.25) is 0 Å². The van der Waals surface area contributed by atoms with E-state index in [1.54, 1.807) is 0 Å². The summed E-state index contributed by atoms with van der Waals surface area (Å²) in [7, 11) is -3.67. The zero-order chi connectivity index (χ0) is 15.6. The molecule has 0 saturated carbocycles. The van der Waals surface area contributed by atoms with E-state index in [1.807, 2.05) is 0 Å². The first-order valence-corrected chi connectivity index (χ1v) is 7.00. The van der Waals surface area contributed by atoms with Gasteiger partial charge in [-0.05, 0) is 24.3 Å². The average molecular weight is 304 g/mol. The minimum absolute atomic E-state index is 0.0865. The fraction of sp³-hybridized carbons (Fsp3) is 0.250. The first-order chi connectivity index (χ1) is 9.24. The van der Waals surface area contributed by atoms with Gasteiger partial charge in [0.05, 0.1) is 11.8 Å².